The van der Waals surface area contributed by atoms with Crippen molar-refractivity contribution in [3.8, 4) is 5.75 Å². The van der Waals surface area contributed by atoms with Crippen LogP contribution in [-0.4, -0.2) is 48.1 Å². The van der Waals surface area contributed by atoms with Gasteiger partial charge in [0.15, 0.2) is 12.4 Å². The Morgan fingerprint density at radius 1 is 1.29 bits per heavy atom. The zero-order chi connectivity index (χ0) is 20.3. The minimum atomic E-state index is -0.290. The molecule has 8 heteroatoms. The molecule has 0 saturated carbocycles. The summed E-state index contributed by atoms with van der Waals surface area (Å²) in [6.45, 7) is 4.69. The first-order valence-corrected chi connectivity index (χ1v) is 9.98. The molecule has 0 aliphatic carbocycles. The van der Waals surface area contributed by atoms with Crippen LogP contribution in [-0.2, 0) is 14.3 Å². The van der Waals surface area contributed by atoms with E-state index in [2.05, 4.69) is 4.98 Å². The molecule has 1 aromatic heterocycles. The van der Waals surface area contributed by atoms with E-state index in [1.165, 1.54) is 0 Å². The Bertz CT molecular complexity index is 903. The van der Waals surface area contributed by atoms with Crippen molar-refractivity contribution in [1.29, 1.82) is 0 Å². The van der Waals surface area contributed by atoms with Gasteiger partial charge in [-0.15, -0.1) is 0 Å². The molecular formula is C20H22Cl2N2O4. The van der Waals surface area contributed by atoms with E-state index in [0.29, 0.717) is 46.4 Å². The number of aromatic nitrogens is 1. The number of piperidine rings is 1. The summed E-state index contributed by atoms with van der Waals surface area (Å²) in [6.07, 6.45) is 1.47. The number of ether oxygens (including phenoxy) is 2. The molecule has 6 nitrogen and oxygen atoms in total. The number of amides is 1. The first kappa shape index (κ1) is 20.7. The summed E-state index contributed by atoms with van der Waals surface area (Å²) in [7, 11) is 0. The van der Waals surface area contributed by atoms with Crippen LogP contribution in [0.2, 0.25) is 10.0 Å². The highest BCUT2D eigenvalue weighted by Crippen LogP contribution is 2.37. The third-order valence-corrected chi connectivity index (χ3v) is 5.30. The molecular weight excluding hydrogens is 403 g/mol. The fraction of sp³-hybridized carbons (Fsp3) is 0.450. The zero-order valence-electron chi connectivity index (χ0n) is 15.8. The molecule has 0 unspecified atom stereocenters. The number of fused-ring (bicyclic) bond motifs is 1. The van der Waals surface area contributed by atoms with E-state index in [1.54, 1.807) is 17.9 Å². The highest BCUT2D eigenvalue weighted by molar-refractivity contribution is 6.39. The average Bonchev–Trinajstić information content (AvgIpc) is 2.67. The van der Waals surface area contributed by atoms with Gasteiger partial charge in [0.1, 0.15) is 5.52 Å². The lowest BCUT2D eigenvalue weighted by atomic mass is 9.98. The predicted octanol–water partition coefficient (Wildman–Crippen LogP) is 4.03. The number of nitrogens with zero attached hydrogens (tertiary/aromatic N) is 2. The van der Waals surface area contributed by atoms with Gasteiger partial charge in [-0.25, -0.2) is 4.98 Å². The first-order valence-electron chi connectivity index (χ1n) is 9.23. The number of likely N-dealkylation sites (tertiary alicyclic amines) is 1. The van der Waals surface area contributed by atoms with Crippen LogP contribution in [0.15, 0.2) is 18.2 Å². The normalized spacial score (nSPS) is 16.9. The minimum absolute atomic E-state index is 0.193. The standard InChI is InChI=1S/C20H22Cl2N2O4/c1-3-27-20(26)13-5-4-8-24(10-13)17(25)11-28-19-16(22)9-15(21)14-7-6-12(2)23-18(14)19/h6-7,9,13H,3-5,8,10-11H2,1-2H3/t13-/m0/s1. The molecule has 3 rings (SSSR count). The van der Waals surface area contributed by atoms with Gasteiger partial charge in [-0.2, -0.15) is 0 Å². The fourth-order valence-corrected chi connectivity index (χ4v) is 3.88. The van der Waals surface area contributed by atoms with Gasteiger partial charge in [0.05, 0.1) is 22.6 Å². The average molecular weight is 425 g/mol. The monoisotopic (exact) mass is 424 g/mol. The summed E-state index contributed by atoms with van der Waals surface area (Å²) < 4.78 is 10.8. The van der Waals surface area contributed by atoms with Crippen molar-refractivity contribution < 1.29 is 19.1 Å². The smallest absolute Gasteiger partial charge is 0.310 e. The van der Waals surface area contributed by atoms with Crippen molar-refractivity contribution in [2.75, 3.05) is 26.3 Å². The third-order valence-electron chi connectivity index (χ3n) is 4.71. The quantitative estimate of drug-likeness (QED) is 0.677. The van der Waals surface area contributed by atoms with E-state index < -0.39 is 0 Å². The number of aryl methyl sites for hydroxylation is 1. The number of carbonyl (C=O) groups is 2. The number of pyridine rings is 1. The molecule has 1 aliphatic heterocycles. The maximum absolute atomic E-state index is 12.6. The van der Waals surface area contributed by atoms with Crippen LogP contribution in [0.4, 0.5) is 0 Å². The molecule has 1 amide bonds. The van der Waals surface area contributed by atoms with Crippen molar-refractivity contribution in [2.24, 2.45) is 5.92 Å². The number of esters is 1. The SMILES string of the molecule is CCOC(=O)[C@H]1CCCN(C(=O)COc2c(Cl)cc(Cl)c3ccc(C)nc23)C1. The Balaban J connectivity index is 1.73. The molecule has 0 bridgehead atoms. The molecule has 0 spiro atoms. The Hall–Kier alpha value is -2.05. The maximum atomic E-state index is 12.6. The van der Waals surface area contributed by atoms with Crippen LogP contribution in [0.1, 0.15) is 25.5 Å². The van der Waals surface area contributed by atoms with Crippen LogP contribution in [0.3, 0.4) is 0 Å². The molecule has 2 heterocycles. The number of benzene rings is 1. The summed E-state index contributed by atoms with van der Waals surface area (Å²) in [6, 6.07) is 5.28. The fourth-order valence-electron chi connectivity index (χ4n) is 3.31. The third kappa shape index (κ3) is 4.50. The molecule has 150 valence electrons. The van der Waals surface area contributed by atoms with E-state index >= 15 is 0 Å². The summed E-state index contributed by atoms with van der Waals surface area (Å²) in [5.74, 6) is -0.424. The topological polar surface area (TPSA) is 68.7 Å². The highest BCUT2D eigenvalue weighted by atomic mass is 35.5. The molecule has 1 fully saturated rings. The number of carbonyl (C=O) groups excluding carboxylic acids is 2. The van der Waals surface area contributed by atoms with Crippen LogP contribution >= 0.6 is 23.2 Å². The van der Waals surface area contributed by atoms with Crippen molar-refractivity contribution in [2.45, 2.75) is 26.7 Å². The second kappa shape index (κ2) is 8.97. The van der Waals surface area contributed by atoms with Crippen LogP contribution in [0.25, 0.3) is 10.9 Å². The lowest BCUT2D eigenvalue weighted by Gasteiger charge is -2.31. The number of hydrogen-bond donors (Lipinski definition) is 0. The van der Waals surface area contributed by atoms with Crippen molar-refractivity contribution in [1.82, 2.24) is 9.88 Å². The molecule has 1 atom stereocenters. The van der Waals surface area contributed by atoms with E-state index in [0.717, 1.165) is 18.5 Å². The van der Waals surface area contributed by atoms with Crippen LogP contribution in [0, 0.1) is 12.8 Å². The Morgan fingerprint density at radius 3 is 2.82 bits per heavy atom. The van der Waals surface area contributed by atoms with E-state index in [1.807, 2.05) is 19.1 Å². The summed E-state index contributed by atoms with van der Waals surface area (Å²) in [5, 5.41) is 1.48. The van der Waals surface area contributed by atoms with E-state index in [9.17, 15) is 9.59 Å². The summed E-state index contributed by atoms with van der Waals surface area (Å²) in [4.78, 5) is 30.7. The molecule has 2 aromatic rings. The van der Waals surface area contributed by atoms with Gasteiger partial charge in [0.25, 0.3) is 5.91 Å². The molecule has 1 saturated heterocycles. The van der Waals surface area contributed by atoms with Crippen molar-refractivity contribution in [3.63, 3.8) is 0 Å². The minimum Gasteiger partial charge on any atom is -0.480 e. The van der Waals surface area contributed by atoms with Gasteiger partial charge >= 0.3 is 5.97 Å². The van der Waals surface area contributed by atoms with Crippen molar-refractivity contribution in [3.05, 3.63) is 33.9 Å². The second-order valence-corrected chi connectivity index (χ2v) is 7.55. The lowest BCUT2D eigenvalue weighted by Crippen LogP contribution is -2.44. The molecule has 28 heavy (non-hydrogen) atoms. The van der Waals surface area contributed by atoms with Gasteiger partial charge < -0.3 is 14.4 Å². The lowest BCUT2D eigenvalue weighted by molar-refractivity contribution is -0.151. The first-order chi connectivity index (χ1) is 13.4. The van der Waals surface area contributed by atoms with E-state index in [4.69, 9.17) is 32.7 Å². The summed E-state index contributed by atoms with van der Waals surface area (Å²) >= 11 is 12.5. The molecule has 1 aliphatic rings. The van der Waals surface area contributed by atoms with Gasteiger partial charge in [-0.1, -0.05) is 23.2 Å². The Labute approximate surface area is 173 Å². The number of halogens is 2. The van der Waals surface area contributed by atoms with Crippen LogP contribution < -0.4 is 4.74 Å². The summed E-state index contributed by atoms with van der Waals surface area (Å²) in [5.41, 5.74) is 1.31. The molecule has 0 N–H and O–H groups in total. The Morgan fingerprint density at radius 2 is 2.07 bits per heavy atom. The highest BCUT2D eigenvalue weighted by Gasteiger charge is 2.29. The van der Waals surface area contributed by atoms with Gasteiger partial charge in [-0.05, 0) is 44.9 Å². The van der Waals surface area contributed by atoms with E-state index in [-0.39, 0.29) is 24.4 Å². The number of rotatable bonds is 5. The molecule has 1 aromatic carbocycles. The van der Waals surface area contributed by atoms with Gasteiger partial charge in [0, 0.05) is 24.2 Å². The Kier molecular flexibility index (Phi) is 6.62. The largest absolute Gasteiger partial charge is 0.480 e. The van der Waals surface area contributed by atoms with Crippen LogP contribution in [0.5, 0.6) is 5.75 Å². The van der Waals surface area contributed by atoms with Gasteiger partial charge in [0.2, 0.25) is 0 Å². The number of hydrogen-bond acceptors (Lipinski definition) is 5. The predicted molar refractivity (Wildman–Crippen MR) is 108 cm³/mol. The van der Waals surface area contributed by atoms with Gasteiger partial charge in [-0.3, -0.25) is 9.59 Å². The van der Waals surface area contributed by atoms with Crippen molar-refractivity contribution >= 4 is 46.0 Å². The zero-order valence-corrected chi connectivity index (χ0v) is 17.3. The second-order valence-electron chi connectivity index (χ2n) is 6.74. The molecule has 0 radical (unpaired) electrons. The maximum Gasteiger partial charge on any atom is 0.310 e.